The molecule has 1 aromatic heterocycles. The Morgan fingerprint density at radius 1 is 0.962 bits per heavy atom. The number of aliphatic hydroxyl groups is 1. The van der Waals surface area contributed by atoms with E-state index in [1.807, 2.05) is 111 Å². The summed E-state index contributed by atoms with van der Waals surface area (Å²) in [7, 11) is -3.02. The van der Waals surface area contributed by atoms with E-state index in [-0.39, 0.29) is 43.0 Å². The van der Waals surface area contributed by atoms with Crippen molar-refractivity contribution in [2.45, 2.75) is 69.2 Å². The topological polar surface area (TPSA) is 125 Å². The van der Waals surface area contributed by atoms with Crippen LogP contribution in [-0.4, -0.2) is 63.5 Å². The van der Waals surface area contributed by atoms with E-state index in [1.165, 1.54) is 4.68 Å². The Kier molecular flexibility index (Phi) is 8.49. The number of amides is 2. The smallest absolute Gasteiger partial charge is 0.279 e. The van der Waals surface area contributed by atoms with Gasteiger partial charge in [0, 0.05) is 29.0 Å². The van der Waals surface area contributed by atoms with Crippen LogP contribution >= 0.6 is 0 Å². The highest BCUT2D eigenvalue weighted by molar-refractivity contribution is 6.71. The summed E-state index contributed by atoms with van der Waals surface area (Å²) in [6.07, 6.45) is 1.50. The van der Waals surface area contributed by atoms with Gasteiger partial charge in [0.1, 0.15) is 0 Å². The lowest BCUT2D eigenvalue weighted by Crippen LogP contribution is -2.48. The molecule has 11 heteroatoms. The van der Waals surface area contributed by atoms with E-state index in [0.29, 0.717) is 29.7 Å². The van der Waals surface area contributed by atoms with Gasteiger partial charge in [-0.05, 0) is 60.5 Å². The van der Waals surface area contributed by atoms with E-state index in [4.69, 9.17) is 4.74 Å². The zero-order valence-electron chi connectivity index (χ0n) is 29.5. The van der Waals surface area contributed by atoms with Gasteiger partial charge in [-0.15, -0.1) is 0 Å². The summed E-state index contributed by atoms with van der Waals surface area (Å²) in [4.78, 5) is 57.7. The molecule has 2 amide bonds. The largest absolute Gasteiger partial charge is 0.432 e. The Morgan fingerprint density at radius 3 is 2.48 bits per heavy atom. The molecule has 2 N–H and O–H groups in total. The number of para-hydroxylation sites is 1. The van der Waals surface area contributed by atoms with Crippen LogP contribution in [0.3, 0.4) is 0 Å². The predicted molar refractivity (Wildman–Crippen MR) is 200 cm³/mol. The summed E-state index contributed by atoms with van der Waals surface area (Å²) in [6.45, 7) is 6.09. The molecule has 52 heavy (non-hydrogen) atoms. The number of ether oxygens (including phenoxy) is 1. The van der Waals surface area contributed by atoms with Gasteiger partial charge in [-0.25, -0.2) is 0 Å². The number of aliphatic hydroxyl groups excluding tert-OH is 1. The molecule has 0 saturated carbocycles. The number of fused-ring (bicyclic) bond motifs is 4. The molecule has 1 saturated heterocycles. The number of hydrogen-bond donors (Lipinski definition) is 2. The van der Waals surface area contributed by atoms with Crippen LogP contribution in [0.15, 0.2) is 108 Å². The van der Waals surface area contributed by atoms with Gasteiger partial charge in [0.05, 0.1) is 54.7 Å². The molecule has 1 spiro atoms. The highest BCUT2D eigenvalue weighted by Crippen LogP contribution is 2.59. The van der Waals surface area contributed by atoms with E-state index >= 15 is 0 Å². The van der Waals surface area contributed by atoms with Gasteiger partial charge in [0.2, 0.25) is 5.91 Å². The quantitative estimate of drug-likeness (QED) is 0.226. The third-order valence-corrected chi connectivity index (χ3v) is 13.8. The monoisotopic (exact) mass is 714 g/mol. The Bertz CT molecular complexity index is 2270. The summed E-state index contributed by atoms with van der Waals surface area (Å²) in [5.74, 6) is -0.847. The standard InChI is InChI=1S/C41H42N4O6Si/c1-26-38(52(2,3)50)36(21-37(47)43-24-30-14-5-4-12-28(30)20-32(43)25-46)51-41(26)34-17-8-9-18-35(34)44(40(41)49)23-27-11-10-15-31(19-27)45-39(48)33-16-7-6-13-29(33)22-42-45/h4-19,22,26,32,36,38,46,50H,20-21,23-25H2,1-3H3/t26-,32-,36+,38-,41+/m0/s1. The number of rotatable bonds is 7. The first kappa shape index (κ1) is 34.2. The lowest BCUT2D eigenvalue weighted by molar-refractivity contribution is -0.151. The summed E-state index contributed by atoms with van der Waals surface area (Å²) in [6, 6.07) is 30.0. The number of nitrogens with zero attached hydrogens (tertiary/aromatic N) is 4. The molecule has 3 aliphatic rings. The number of benzene rings is 4. The summed E-state index contributed by atoms with van der Waals surface area (Å²) in [5.41, 5.74) is 2.92. The van der Waals surface area contributed by atoms with Crippen LogP contribution in [0.1, 0.15) is 35.6 Å². The van der Waals surface area contributed by atoms with Crippen LogP contribution in [0.2, 0.25) is 18.6 Å². The molecular formula is C41H42N4O6Si. The van der Waals surface area contributed by atoms with Gasteiger partial charge in [-0.3, -0.25) is 14.4 Å². The maximum absolute atomic E-state index is 14.9. The van der Waals surface area contributed by atoms with Crippen molar-refractivity contribution in [1.82, 2.24) is 14.7 Å². The van der Waals surface area contributed by atoms with Crippen LogP contribution in [0.25, 0.3) is 16.5 Å². The van der Waals surface area contributed by atoms with Gasteiger partial charge in [-0.1, -0.05) is 79.7 Å². The van der Waals surface area contributed by atoms with Gasteiger partial charge in [-0.2, -0.15) is 9.78 Å². The first-order valence-corrected chi connectivity index (χ1v) is 20.9. The Morgan fingerprint density at radius 2 is 1.69 bits per heavy atom. The number of aromatic nitrogens is 2. The predicted octanol–water partition coefficient (Wildman–Crippen LogP) is 5.07. The lowest BCUT2D eigenvalue weighted by Gasteiger charge is -2.37. The second-order valence-electron chi connectivity index (χ2n) is 14.9. The third-order valence-electron chi connectivity index (χ3n) is 11.3. The molecule has 4 heterocycles. The van der Waals surface area contributed by atoms with Crippen LogP contribution in [0.5, 0.6) is 0 Å². The van der Waals surface area contributed by atoms with Crippen molar-refractivity contribution in [3.63, 3.8) is 0 Å². The van der Waals surface area contributed by atoms with E-state index in [9.17, 15) is 24.3 Å². The Balaban J connectivity index is 1.11. The second kappa shape index (κ2) is 12.9. The summed E-state index contributed by atoms with van der Waals surface area (Å²) >= 11 is 0. The van der Waals surface area contributed by atoms with Crippen molar-refractivity contribution in [2.24, 2.45) is 5.92 Å². The molecule has 8 rings (SSSR count). The van der Waals surface area contributed by atoms with Gasteiger partial charge in [0.15, 0.2) is 13.9 Å². The molecule has 4 aromatic carbocycles. The van der Waals surface area contributed by atoms with Crippen LogP contribution < -0.4 is 10.5 Å². The van der Waals surface area contributed by atoms with Crippen LogP contribution in [0.4, 0.5) is 5.69 Å². The molecule has 0 bridgehead atoms. The van der Waals surface area contributed by atoms with E-state index in [1.54, 1.807) is 22.1 Å². The number of anilines is 1. The second-order valence-corrected chi connectivity index (χ2v) is 18.9. The molecule has 0 radical (unpaired) electrons. The molecule has 266 valence electrons. The van der Waals surface area contributed by atoms with Crippen LogP contribution in [-0.2, 0) is 39.4 Å². The van der Waals surface area contributed by atoms with Gasteiger partial charge < -0.3 is 24.4 Å². The normalized spacial score (nSPS) is 24.1. The maximum atomic E-state index is 14.9. The summed E-state index contributed by atoms with van der Waals surface area (Å²) < 4.78 is 8.31. The maximum Gasteiger partial charge on any atom is 0.279 e. The summed E-state index contributed by atoms with van der Waals surface area (Å²) in [5, 5.41) is 16.0. The average Bonchev–Trinajstić information content (AvgIpc) is 3.57. The molecule has 5 atom stereocenters. The fourth-order valence-corrected chi connectivity index (χ4v) is 11.5. The molecule has 0 unspecified atom stereocenters. The highest BCUT2D eigenvalue weighted by atomic mass is 28.4. The Hall–Kier alpha value is -4.94. The number of carbonyl (C=O) groups is 2. The lowest BCUT2D eigenvalue weighted by atomic mass is 9.82. The first-order chi connectivity index (χ1) is 25.0. The van der Waals surface area contributed by atoms with Crippen molar-refractivity contribution < 1.29 is 24.2 Å². The minimum atomic E-state index is -3.02. The molecular weight excluding hydrogens is 673 g/mol. The Labute approximate surface area is 303 Å². The van der Waals surface area contributed by atoms with E-state index in [0.717, 1.165) is 27.6 Å². The zero-order chi connectivity index (χ0) is 36.4. The van der Waals surface area contributed by atoms with Crippen molar-refractivity contribution in [3.05, 3.63) is 136 Å². The van der Waals surface area contributed by atoms with Gasteiger partial charge >= 0.3 is 0 Å². The van der Waals surface area contributed by atoms with Crippen LogP contribution in [0, 0.1) is 5.92 Å². The minimum Gasteiger partial charge on any atom is -0.432 e. The molecule has 5 aromatic rings. The fourth-order valence-electron chi connectivity index (χ4n) is 8.96. The number of hydrogen-bond acceptors (Lipinski definition) is 7. The minimum absolute atomic E-state index is 0.0165. The van der Waals surface area contributed by atoms with Gasteiger partial charge in [0.25, 0.3) is 11.5 Å². The van der Waals surface area contributed by atoms with Crippen molar-refractivity contribution in [2.75, 3.05) is 11.5 Å². The molecule has 10 nitrogen and oxygen atoms in total. The average molecular weight is 715 g/mol. The van der Waals surface area contributed by atoms with Crippen molar-refractivity contribution in [3.8, 4) is 5.69 Å². The van der Waals surface area contributed by atoms with E-state index < -0.39 is 31.5 Å². The van der Waals surface area contributed by atoms with E-state index in [2.05, 4.69) is 5.10 Å². The molecule has 1 fully saturated rings. The van der Waals surface area contributed by atoms with Crippen molar-refractivity contribution in [1.29, 1.82) is 0 Å². The van der Waals surface area contributed by atoms with Crippen molar-refractivity contribution >= 4 is 36.6 Å². The highest BCUT2D eigenvalue weighted by Gasteiger charge is 2.66. The number of carbonyl (C=O) groups excluding carboxylic acids is 2. The third kappa shape index (κ3) is 5.50. The fraction of sp³-hybridized carbons (Fsp3) is 0.317. The molecule has 0 aliphatic carbocycles. The first-order valence-electron chi connectivity index (χ1n) is 17.9. The SMILES string of the molecule is C[C@H]1[C@H]([Si](C)(C)O)[C@@H](CC(=O)N2Cc3ccccc3C[C@H]2CO)O[C@]12C(=O)N(Cc1cccc(-n3ncc4ccccc4c3=O)c1)c1ccccc12. The zero-order valence-corrected chi connectivity index (χ0v) is 30.5. The molecule has 3 aliphatic heterocycles.